The number of hydrogen-bond donors (Lipinski definition) is 3. The van der Waals surface area contributed by atoms with Crippen molar-refractivity contribution in [2.45, 2.75) is 13.8 Å². The summed E-state index contributed by atoms with van der Waals surface area (Å²) in [4.78, 5) is 39.8. The molecule has 3 rings (SSSR count). The van der Waals surface area contributed by atoms with Crippen LogP contribution in [0.2, 0.25) is 0 Å². The van der Waals surface area contributed by atoms with E-state index in [1.54, 1.807) is 55.5 Å². The number of aromatic amines is 1. The van der Waals surface area contributed by atoms with Gasteiger partial charge in [-0.05, 0) is 49.8 Å². The minimum Gasteiger partial charge on any atom is -0.492 e. The molecule has 1 amide bonds. The molecule has 0 atom stereocenters. The normalized spacial score (nSPS) is 10.7. The number of nitro groups is 1. The maximum absolute atomic E-state index is 12.4. The zero-order valence-corrected chi connectivity index (χ0v) is 19.5. The molecule has 0 aliphatic heterocycles. The predicted octanol–water partition coefficient (Wildman–Crippen LogP) is 3.37. The highest BCUT2D eigenvalue weighted by Gasteiger charge is 2.21. The first-order valence-corrected chi connectivity index (χ1v) is 10.9. The maximum atomic E-state index is 12.4. The van der Waals surface area contributed by atoms with Crippen LogP contribution in [-0.2, 0) is 4.79 Å². The minimum absolute atomic E-state index is 0.0783. The van der Waals surface area contributed by atoms with E-state index in [2.05, 4.69) is 15.3 Å². The van der Waals surface area contributed by atoms with Crippen molar-refractivity contribution in [1.82, 2.24) is 9.97 Å². The number of benzene rings is 2. The predicted molar refractivity (Wildman–Crippen MR) is 131 cm³/mol. The number of nitrogens with zero attached hydrogens (tertiary/aromatic N) is 2. The van der Waals surface area contributed by atoms with E-state index < -0.39 is 22.0 Å². The molecule has 0 unspecified atom stereocenters. The van der Waals surface area contributed by atoms with Crippen LogP contribution in [-0.4, -0.2) is 45.7 Å². The standard InChI is InChI=1S/C24H24N4O8/c1-3-34-17-8-6-5-7-16(17)25-21(29)14-36-18-11-9-15(13-19(18)35-4-2)10-12-20-26-23(30)22(28(32)33)24(31)27-20/h5-13H,3-4,14H2,1-2H3,(H,25,29)(H2,26,27,30,31)/b12-10+. The van der Waals surface area contributed by atoms with E-state index in [9.17, 15) is 24.8 Å². The fourth-order valence-electron chi connectivity index (χ4n) is 3.09. The number of anilines is 1. The molecule has 1 heterocycles. The summed E-state index contributed by atoms with van der Waals surface area (Å²) in [6.07, 6.45) is 2.91. The van der Waals surface area contributed by atoms with Crippen LogP contribution in [0.1, 0.15) is 25.2 Å². The quantitative estimate of drug-likeness (QED) is 0.266. The first kappa shape index (κ1) is 25.7. The second-order valence-electron chi connectivity index (χ2n) is 7.12. The Morgan fingerprint density at radius 2 is 1.81 bits per heavy atom. The average molecular weight is 496 g/mol. The Balaban J connectivity index is 1.71. The van der Waals surface area contributed by atoms with Crippen molar-refractivity contribution < 1.29 is 29.0 Å². The minimum atomic E-state index is -1.08. The molecule has 188 valence electrons. The molecule has 12 heteroatoms. The lowest BCUT2D eigenvalue weighted by atomic mass is 10.2. The molecule has 1 aromatic heterocycles. The number of rotatable bonds is 11. The molecule has 3 aromatic rings. The Hall–Kier alpha value is -4.87. The lowest BCUT2D eigenvalue weighted by Gasteiger charge is -2.14. The summed E-state index contributed by atoms with van der Waals surface area (Å²) in [5.74, 6) is -0.190. The van der Waals surface area contributed by atoms with E-state index in [0.717, 1.165) is 0 Å². The van der Waals surface area contributed by atoms with Crippen molar-refractivity contribution in [2.24, 2.45) is 0 Å². The fraction of sp³-hybridized carbons (Fsp3) is 0.208. The molecule has 0 saturated heterocycles. The number of H-pyrrole nitrogens is 1. The van der Waals surface area contributed by atoms with Crippen molar-refractivity contribution in [2.75, 3.05) is 25.1 Å². The lowest BCUT2D eigenvalue weighted by Crippen LogP contribution is -2.20. The first-order valence-electron chi connectivity index (χ1n) is 10.9. The second-order valence-corrected chi connectivity index (χ2v) is 7.12. The largest absolute Gasteiger partial charge is 0.492 e. The Labute approximate surface area is 205 Å². The van der Waals surface area contributed by atoms with Crippen LogP contribution in [0, 0.1) is 10.1 Å². The van der Waals surface area contributed by atoms with Crippen LogP contribution >= 0.6 is 0 Å². The number of aromatic nitrogens is 2. The van der Waals surface area contributed by atoms with Crippen molar-refractivity contribution in [3.05, 3.63) is 74.3 Å². The second kappa shape index (κ2) is 12.0. The number of para-hydroxylation sites is 2. The Morgan fingerprint density at radius 3 is 2.50 bits per heavy atom. The molecule has 0 aliphatic rings. The third kappa shape index (κ3) is 6.59. The van der Waals surface area contributed by atoms with Gasteiger partial charge in [-0.15, -0.1) is 0 Å². The average Bonchev–Trinajstić information content (AvgIpc) is 2.83. The molecular weight excluding hydrogens is 472 g/mol. The highest BCUT2D eigenvalue weighted by atomic mass is 16.6. The van der Waals surface area contributed by atoms with Gasteiger partial charge in [0.15, 0.2) is 18.1 Å². The van der Waals surface area contributed by atoms with Crippen LogP contribution in [0.5, 0.6) is 23.1 Å². The first-order chi connectivity index (χ1) is 17.3. The molecule has 0 fully saturated rings. The smallest absolute Gasteiger partial charge is 0.395 e. The van der Waals surface area contributed by atoms with E-state index >= 15 is 0 Å². The van der Waals surface area contributed by atoms with Gasteiger partial charge in [0.1, 0.15) is 11.6 Å². The molecule has 2 aromatic carbocycles. The number of hydrogen-bond acceptors (Lipinski definition) is 9. The topological polar surface area (TPSA) is 166 Å². The number of carbonyl (C=O) groups is 1. The molecule has 0 saturated carbocycles. The van der Waals surface area contributed by atoms with E-state index in [0.29, 0.717) is 41.7 Å². The van der Waals surface area contributed by atoms with E-state index in [1.807, 2.05) is 6.92 Å². The van der Waals surface area contributed by atoms with Crippen molar-refractivity contribution >= 4 is 29.4 Å². The Morgan fingerprint density at radius 1 is 1.08 bits per heavy atom. The van der Waals surface area contributed by atoms with Gasteiger partial charge in [-0.2, -0.15) is 4.98 Å². The molecule has 0 spiro atoms. The summed E-state index contributed by atoms with van der Waals surface area (Å²) in [6, 6.07) is 12.0. The highest BCUT2D eigenvalue weighted by molar-refractivity contribution is 5.93. The number of ether oxygens (including phenoxy) is 3. The lowest BCUT2D eigenvalue weighted by molar-refractivity contribution is -0.387. The number of carbonyl (C=O) groups excluding carboxylic acids is 1. The molecule has 0 radical (unpaired) electrons. The summed E-state index contributed by atoms with van der Waals surface area (Å²) in [7, 11) is 0. The third-order valence-electron chi connectivity index (χ3n) is 4.60. The van der Waals surface area contributed by atoms with Gasteiger partial charge in [-0.3, -0.25) is 19.7 Å². The zero-order valence-electron chi connectivity index (χ0n) is 19.5. The van der Waals surface area contributed by atoms with Gasteiger partial charge >= 0.3 is 11.2 Å². The van der Waals surface area contributed by atoms with Gasteiger partial charge < -0.3 is 29.6 Å². The van der Waals surface area contributed by atoms with E-state index in [4.69, 9.17) is 14.2 Å². The molecular formula is C24H24N4O8. The Bertz CT molecular complexity index is 1340. The van der Waals surface area contributed by atoms with Crippen molar-refractivity contribution in [3.8, 4) is 23.1 Å². The van der Waals surface area contributed by atoms with Gasteiger partial charge in [0.2, 0.25) is 0 Å². The van der Waals surface area contributed by atoms with Gasteiger partial charge in [0.25, 0.3) is 11.8 Å². The van der Waals surface area contributed by atoms with Crippen LogP contribution in [0.4, 0.5) is 11.4 Å². The van der Waals surface area contributed by atoms with Gasteiger partial charge in [-0.1, -0.05) is 24.3 Å². The molecule has 0 aliphatic carbocycles. The van der Waals surface area contributed by atoms with Crippen LogP contribution in [0.3, 0.4) is 0 Å². The zero-order chi connectivity index (χ0) is 26.1. The number of nitrogens with one attached hydrogen (secondary N) is 2. The SMILES string of the molecule is CCOc1ccccc1NC(=O)COc1ccc(/C=C/c2nc(O)c([N+](=O)[O-])c(=O)[nH]2)cc1OCC. The van der Waals surface area contributed by atoms with Gasteiger partial charge in [-0.25, -0.2) is 0 Å². The van der Waals surface area contributed by atoms with Crippen molar-refractivity contribution in [1.29, 1.82) is 0 Å². The molecule has 3 N–H and O–H groups in total. The molecule has 0 bridgehead atoms. The maximum Gasteiger partial charge on any atom is 0.395 e. The third-order valence-corrected chi connectivity index (χ3v) is 4.60. The summed E-state index contributed by atoms with van der Waals surface area (Å²) in [5.41, 5.74) is -0.963. The van der Waals surface area contributed by atoms with Crippen LogP contribution in [0.15, 0.2) is 47.3 Å². The highest BCUT2D eigenvalue weighted by Crippen LogP contribution is 2.30. The van der Waals surface area contributed by atoms with E-state index in [1.165, 1.54) is 6.08 Å². The van der Waals surface area contributed by atoms with Gasteiger partial charge in [0, 0.05) is 0 Å². The molecule has 12 nitrogen and oxygen atoms in total. The summed E-state index contributed by atoms with van der Waals surface area (Å²) in [5, 5.41) is 23.2. The van der Waals surface area contributed by atoms with Crippen LogP contribution < -0.4 is 25.1 Å². The van der Waals surface area contributed by atoms with E-state index in [-0.39, 0.29) is 18.3 Å². The number of amides is 1. The summed E-state index contributed by atoms with van der Waals surface area (Å²) in [6.45, 7) is 4.16. The summed E-state index contributed by atoms with van der Waals surface area (Å²) >= 11 is 0. The Kier molecular flexibility index (Phi) is 8.59. The van der Waals surface area contributed by atoms with Crippen LogP contribution in [0.25, 0.3) is 12.2 Å². The molecule has 36 heavy (non-hydrogen) atoms. The van der Waals surface area contributed by atoms with Gasteiger partial charge in [0.05, 0.1) is 23.8 Å². The monoisotopic (exact) mass is 496 g/mol. The van der Waals surface area contributed by atoms with Crippen molar-refractivity contribution in [3.63, 3.8) is 0 Å². The number of aromatic hydroxyl groups is 1. The summed E-state index contributed by atoms with van der Waals surface area (Å²) < 4.78 is 16.8. The fourth-order valence-corrected chi connectivity index (χ4v) is 3.09.